The minimum absolute atomic E-state index is 0.360. The summed E-state index contributed by atoms with van der Waals surface area (Å²) in [5.74, 6) is -0.390. The molecular weight excluding hydrogens is 267 g/mol. The number of nitrogens with two attached hydrogens (primary N) is 1. The second kappa shape index (κ2) is 5.67. The van der Waals surface area contributed by atoms with Gasteiger partial charge in [0.1, 0.15) is 5.82 Å². The van der Waals surface area contributed by atoms with Crippen molar-refractivity contribution in [3.63, 3.8) is 0 Å². The Morgan fingerprint density at radius 3 is 2.79 bits per heavy atom. The molecule has 0 aromatic carbocycles. The summed E-state index contributed by atoms with van der Waals surface area (Å²) in [6.45, 7) is 1.99. The maximum Gasteiger partial charge on any atom is 0.141 e. The normalized spacial score (nSPS) is 12.7. The number of halogens is 2. The van der Waals surface area contributed by atoms with Gasteiger partial charge >= 0.3 is 0 Å². The Bertz CT molecular complexity index is 582. The molecule has 6 heteroatoms. The minimum Gasteiger partial charge on any atom is -0.324 e. The predicted octanol–water partition coefficient (Wildman–Crippen LogP) is 2.41. The van der Waals surface area contributed by atoms with Gasteiger partial charge in [0.05, 0.1) is 22.6 Å². The molecule has 0 bridgehead atoms. The van der Waals surface area contributed by atoms with E-state index >= 15 is 0 Å². The van der Waals surface area contributed by atoms with Crippen LogP contribution < -0.4 is 5.73 Å². The van der Waals surface area contributed by atoms with Crippen LogP contribution in [-0.4, -0.2) is 14.8 Å². The topological polar surface area (TPSA) is 56.7 Å². The third kappa shape index (κ3) is 2.93. The number of hydrogen-bond donors (Lipinski definition) is 1. The maximum atomic E-state index is 13.1. The first-order valence-electron chi connectivity index (χ1n) is 6.09. The number of nitrogens with zero attached hydrogens (tertiary/aromatic N) is 3. The lowest BCUT2D eigenvalue weighted by Crippen LogP contribution is -2.16. The van der Waals surface area contributed by atoms with E-state index in [4.69, 9.17) is 17.3 Å². The lowest BCUT2D eigenvalue weighted by atomic mass is 10.0. The third-order valence-electron chi connectivity index (χ3n) is 3.07. The number of aryl methyl sites for hydroxylation is 2. The van der Waals surface area contributed by atoms with Crippen molar-refractivity contribution < 1.29 is 4.39 Å². The van der Waals surface area contributed by atoms with Gasteiger partial charge in [-0.05, 0) is 18.1 Å². The average molecular weight is 283 g/mol. The molecule has 0 amide bonds. The van der Waals surface area contributed by atoms with Crippen LogP contribution in [0, 0.1) is 5.82 Å². The highest BCUT2D eigenvalue weighted by Crippen LogP contribution is 2.25. The van der Waals surface area contributed by atoms with Crippen LogP contribution in [0.5, 0.6) is 0 Å². The van der Waals surface area contributed by atoms with E-state index in [2.05, 4.69) is 10.1 Å². The van der Waals surface area contributed by atoms with Gasteiger partial charge in [-0.1, -0.05) is 18.5 Å². The molecule has 4 nitrogen and oxygen atoms in total. The largest absolute Gasteiger partial charge is 0.324 e. The molecule has 2 rings (SSSR count). The minimum atomic E-state index is -0.390. The van der Waals surface area contributed by atoms with Crippen LogP contribution in [0.1, 0.15) is 29.9 Å². The first kappa shape index (κ1) is 14.0. The summed E-state index contributed by atoms with van der Waals surface area (Å²) in [7, 11) is 1.83. The van der Waals surface area contributed by atoms with Crippen LogP contribution in [0.4, 0.5) is 4.39 Å². The fourth-order valence-electron chi connectivity index (χ4n) is 2.00. The number of hydrogen-bond acceptors (Lipinski definition) is 3. The Hall–Kier alpha value is -1.46. The van der Waals surface area contributed by atoms with Crippen molar-refractivity contribution >= 4 is 11.6 Å². The van der Waals surface area contributed by atoms with Crippen molar-refractivity contribution in [1.29, 1.82) is 0 Å². The third-order valence-corrected chi connectivity index (χ3v) is 3.51. The van der Waals surface area contributed by atoms with Gasteiger partial charge in [0, 0.05) is 25.7 Å². The summed E-state index contributed by atoms with van der Waals surface area (Å²) < 4.78 is 14.9. The van der Waals surface area contributed by atoms with E-state index in [9.17, 15) is 4.39 Å². The van der Waals surface area contributed by atoms with Crippen LogP contribution in [-0.2, 0) is 19.9 Å². The molecular formula is C13H16ClFN4. The summed E-state index contributed by atoms with van der Waals surface area (Å²) in [4.78, 5) is 3.80. The van der Waals surface area contributed by atoms with Crippen molar-refractivity contribution in [2.45, 2.75) is 25.8 Å². The van der Waals surface area contributed by atoms with Gasteiger partial charge < -0.3 is 5.73 Å². The molecule has 2 N–H and O–H groups in total. The Labute approximate surface area is 116 Å². The quantitative estimate of drug-likeness (QED) is 0.937. The second-order valence-corrected chi connectivity index (χ2v) is 4.81. The molecule has 0 fully saturated rings. The molecule has 2 aromatic heterocycles. The molecule has 0 saturated heterocycles. The van der Waals surface area contributed by atoms with E-state index in [1.165, 1.54) is 6.07 Å². The van der Waals surface area contributed by atoms with Crippen LogP contribution >= 0.6 is 11.6 Å². The van der Waals surface area contributed by atoms with Crippen LogP contribution in [0.15, 0.2) is 18.5 Å². The van der Waals surface area contributed by atoms with Crippen molar-refractivity contribution in [3.8, 4) is 0 Å². The standard InChI is InChI=1S/C13H16ClFN4/c1-3-11-13(14)12(19(2)18-11)5-10(16)8-4-9(15)7-17-6-8/h4,6-7,10H,3,5,16H2,1-2H3. The van der Waals surface area contributed by atoms with Gasteiger partial charge in [-0.25, -0.2) is 4.39 Å². The van der Waals surface area contributed by atoms with Gasteiger partial charge in [0.15, 0.2) is 0 Å². The van der Waals surface area contributed by atoms with E-state index in [1.54, 1.807) is 10.9 Å². The molecule has 2 heterocycles. The molecule has 102 valence electrons. The highest BCUT2D eigenvalue weighted by molar-refractivity contribution is 6.31. The van der Waals surface area contributed by atoms with Crippen molar-refractivity contribution in [2.24, 2.45) is 12.8 Å². The average Bonchev–Trinajstić information content (AvgIpc) is 2.66. The maximum absolute atomic E-state index is 13.1. The molecule has 0 saturated carbocycles. The zero-order valence-corrected chi connectivity index (χ0v) is 11.7. The predicted molar refractivity (Wildman–Crippen MR) is 72.4 cm³/mol. The second-order valence-electron chi connectivity index (χ2n) is 4.43. The van der Waals surface area contributed by atoms with E-state index in [0.29, 0.717) is 17.0 Å². The van der Waals surface area contributed by atoms with Crippen LogP contribution in [0.3, 0.4) is 0 Å². The van der Waals surface area contributed by atoms with Crippen molar-refractivity contribution in [1.82, 2.24) is 14.8 Å². The molecule has 1 atom stereocenters. The van der Waals surface area contributed by atoms with Crippen LogP contribution in [0.2, 0.25) is 5.02 Å². The Kier molecular flexibility index (Phi) is 4.17. The summed E-state index contributed by atoms with van der Waals surface area (Å²) in [6, 6.07) is 1.03. The van der Waals surface area contributed by atoms with Crippen molar-refractivity contribution in [2.75, 3.05) is 0 Å². The molecule has 0 aliphatic rings. The molecule has 0 aliphatic heterocycles. The lowest BCUT2D eigenvalue weighted by molar-refractivity contribution is 0.602. The fraction of sp³-hybridized carbons (Fsp3) is 0.385. The zero-order chi connectivity index (χ0) is 14.0. The van der Waals surface area contributed by atoms with Crippen LogP contribution in [0.25, 0.3) is 0 Å². The first-order chi connectivity index (χ1) is 9.02. The SMILES string of the molecule is CCc1nn(C)c(CC(N)c2cncc(F)c2)c1Cl. The van der Waals surface area contributed by atoms with Gasteiger partial charge in [-0.3, -0.25) is 9.67 Å². The molecule has 2 aromatic rings. The van der Waals surface area contributed by atoms with E-state index < -0.39 is 5.82 Å². The highest BCUT2D eigenvalue weighted by Gasteiger charge is 2.17. The fourth-order valence-corrected chi connectivity index (χ4v) is 2.37. The first-order valence-corrected chi connectivity index (χ1v) is 6.47. The Morgan fingerprint density at radius 1 is 1.47 bits per heavy atom. The summed E-state index contributed by atoms with van der Waals surface area (Å²) in [6.07, 6.45) is 3.98. The van der Waals surface area contributed by atoms with E-state index in [-0.39, 0.29) is 6.04 Å². The van der Waals surface area contributed by atoms with E-state index in [0.717, 1.165) is 24.0 Å². The number of pyridine rings is 1. The zero-order valence-electron chi connectivity index (χ0n) is 10.9. The Morgan fingerprint density at radius 2 is 2.21 bits per heavy atom. The lowest BCUT2D eigenvalue weighted by Gasteiger charge is -2.12. The molecule has 1 unspecified atom stereocenters. The highest BCUT2D eigenvalue weighted by atomic mass is 35.5. The Balaban J connectivity index is 2.24. The van der Waals surface area contributed by atoms with Gasteiger partial charge in [0.2, 0.25) is 0 Å². The summed E-state index contributed by atoms with van der Waals surface area (Å²) in [5.41, 5.74) is 8.43. The molecule has 0 spiro atoms. The molecule has 0 radical (unpaired) electrons. The van der Waals surface area contributed by atoms with Gasteiger partial charge in [-0.2, -0.15) is 5.10 Å². The summed E-state index contributed by atoms with van der Waals surface area (Å²) in [5, 5.41) is 4.98. The summed E-state index contributed by atoms with van der Waals surface area (Å²) >= 11 is 6.26. The van der Waals surface area contributed by atoms with E-state index in [1.807, 2.05) is 14.0 Å². The molecule has 19 heavy (non-hydrogen) atoms. The molecule has 0 aliphatic carbocycles. The monoisotopic (exact) mass is 282 g/mol. The number of aromatic nitrogens is 3. The van der Waals surface area contributed by atoms with Gasteiger partial charge in [0.25, 0.3) is 0 Å². The van der Waals surface area contributed by atoms with Crippen molar-refractivity contribution in [3.05, 3.63) is 46.3 Å². The number of rotatable bonds is 4. The van der Waals surface area contributed by atoms with Gasteiger partial charge in [-0.15, -0.1) is 0 Å². The smallest absolute Gasteiger partial charge is 0.141 e.